The van der Waals surface area contributed by atoms with Crippen molar-refractivity contribution in [3.05, 3.63) is 0 Å². The lowest BCUT2D eigenvalue weighted by Crippen LogP contribution is -2.43. The van der Waals surface area contributed by atoms with E-state index in [4.69, 9.17) is 4.74 Å². The van der Waals surface area contributed by atoms with Gasteiger partial charge in [0.1, 0.15) is 0 Å². The summed E-state index contributed by atoms with van der Waals surface area (Å²) in [5.41, 5.74) is -0.892. The van der Waals surface area contributed by atoms with Crippen LogP contribution in [0.25, 0.3) is 0 Å². The molecular weight excluding hydrogens is 697 g/mol. The third kappa shape index (κ3) is 39.1. The number of esters is 1. The van der Waals surface area contributed by atoms with Gasteiger partial charge in [0.15, 0.2) is 11.4 Å². The second-order valence-electron chi connectivity index (χ2n) is 18.7. The van der Waals surface area contributed by atoms with Crippen molar-refractivity contribution in [1.82, 2.24) is 0 Å². The molecule has 0 amide bonds. The normalized spacial score (nSPS) is 12.6. The molecule has 0 N–H and O–H groups in total. The van der Waals surface area contributed by atoms with Crippen molar-refractivity contribution in [2.24, 2.45) is 0 Å². The van der Waals surface area contributed by atoms with Crippen LogP contribution in [0, 0.1) is 0 Å². The minimum absolute atomic E-state index is 0.108. The third-order valence-electron chi connectivity index (χ3n) is 12.9. The molecule has 0 aliphatic heterocycles. The van der Waals surface area contributed by atoms with E-state index in [9.17, 15) is 9.59 Å². The smallest absolute Gasteiger partial charge is 0.306 e. The minimum Gasteiger partial charge on any atom is -0.451 e. The van der Waals surface area contributed by atoms with Crippen molar-refractivity contribution < 1.29 is 14.3 Å². The summed E-state index contributed by atoms with van der Waals surface area (Å²) in [7, 11) is 0. The van der Waals surface area contributed by atoms with E-state index in [0.717, 1.165) is 64.2 Å². The Morgan fingerprint density at radius 2 is 0.491 bits per heavy atom. The van der Waals surface area contributed by atoms with E-state index < -0.39 is 5.60 Å². The molecule has 0 aromatic heterocycles. The van der Waals surface area contributed by atoms with Crippen LogP contribution >= 0.6 is 0 Å². The van der Waals surface area contributed by atoms with Crippen molar-refractivity contribution in [1.29, 1.82) is 0 Å². The van der Waals surface area contributed by atoms with Crippen molar-refractivity contribution in [2.75, 3.05) is 0 Å². The maximum Gasteiger partial charge on any atom is 0.306 e. The summed E-state index contributed by atoms with van der Waals surface area (Å²) in [4.78, 5) is 27.8. The number of unbranched alkanes of at least 4 members (excludes halogenated alkanes) is 39. The van der Waals surface area contributed by atoms with E-state index >= 15 is 0 Å². The lowest BCUT2D eigenvalue weighted by atomic mass is 9.83. The average molecular weight is 803 g/mol. The van der Waals surface area contributed by atoms with E-state index in [1.54, 1.807) is 0 Å². The highest BCUT2D eigenvalue weighted by Gasteiger charge is 2.40. The summed E-state index contributed by atoms with van der Waals surface area (Å²) in [5, 5.41) is 0. The Morgan fingerprint density at radius 3 is 0.754 bits per heavy atom. The maximum absolute atomic E-state index is 14.2. The summed E-state index contributed by atoms with van der Waals surface area (Å²) < 4.78 is 6.48. The lowest BCUT2D eigenvalue weighted by molar-refractivity contribution is -0.170. The van der Waals surface area contributed by atoms with Gasteiger partial charge in [0, 0.05) is 12.8 Å². The standard InChI is InChI=1S/C54H106O3/c1-5-9-13-17-21-23-25-27-29-31-33-35-37-40-44-48-52(55)54(50-46-42-20-16-12-8-4,51-47-43-39-19-15-11-7-3)57-53(56)49-45-41-38-36-34-32-30-28-26-24-22-18-14-10-6-2/h5-51H2,1-4H3. The van der Waals surface area contributed by atoms with Crippen LogP contribution in [0.3, 0.4) is 0 Å². The summed E-state index contributed by atoms with van der Waals surface area (Å²) in [5.74, 6) is 0.130. The highest BCUT2D eigenvalue weighted by atomic mass is 16.6. The maximum atomic E-state index is 14.2. The molecule has 0 aliphatic carbocycles. The molecule has 0 aromatic rings. The first-order valence-corrected chi connectivity index (χ1v) is 26.8. The molecule has 1 unspecified atom stereocenters. The molecule has 0 heterocycles. The molecule has 0 rings (SSSR count). The first-order chi connectivity index (χ1) is 28.1. The monoisotopic (exact) mass is 803 g/mol. The van der Waals surface area contributed by atoms with E-state index in [0.29, 0.717) is 12.8 Å². The molecule has 3 nitrogen and oxygen atoms in total. The Labute approximate surface area is 360 Å². The number of carbonyl (C=O) groups is 2. The fraction of sp³-hybridized carbons (Fsp3) is 0.963. The van der Waals surface area contributed by atoms with Crippen LogP contribution < -0.4 is 0 Å². The Morgan fingerprint density at radius 1 is 0.281 bits per heavy atom. The fourth-order valence-electron chi connectivity index (χ4n) is 8.92. The molecule has 0 aromatic carbocycles. The van der Waals surface area contributed by atoms with Crippen LogP contribution in [0.5, 0.6) is 0 Å². The number of hydrogen-bond acceptors (Lipinski definition) is 3. The van der Waals surface area contributed by atoms with Crippen LogP contribution in [-0.2, 0) is 14.3 Å². The highest BCUT2D eigenvalue weighted by molar-refractivity contribution is 5.89. The van der Waals surface area contributed by atoms with Gasteiger partial charge in [0.25, 0.3) is 0 Å². The summed E-state index contributed by atoms with van der Waals surface area (Å²) in [6.45, 7) is 9.12. The van der Waals surface area contributed by atoms with Gasteiger partial charge in [-0.1, -0.05) is 278 Å². The number of rotatable bonds is 49. The predicted molar refractivity (Wildman–Crippen MR) is 254 cm³/mol. The summed E-state index contributed by atoms with van der Waals surface area (Å²) in [6, 6.07) is 0. The fourth-order valence-corrected chi connectivity index (χ4v) is 8.92. The lowest BCUT2D eigenvalue weighted by Gasteiger charge is -2.33. The molecule has 0 fully saturated rings. The zero-order valence-electron chi connectivity index (χ0n) is 40.0. The molecule has 0 bridgehead atoms. The Hall–Kier alpha value is -0.860. The quantitative estimate of drug-likeness (QED) is 0.0454. The van der Waals surface area contributed by atoms with E-state index in [1.807, 2.05) is 0 Å². The van der Waals surface area contributed by atoms with Crippen molar-refractivity contribution in [3.8, 4) is 0 Å². The van der Waals surface area contributed by atoms with Gasteiger partial charge in [-0.05, 0) is 38.5 Å². The van der Waals surface area contributed by atoms with Crippen molar-refractivity contribution in [2.45, 2.75) is 335 Å². The minimum atomic E-state index is -0.892. The number of ether oxygens (including phenoxy) is 1. The topological polar surface area (TPSA) is 43.4 Å². The van der Waals surface area contributed by atoms with Crippen molar-refractivity contribution >= 4 is 11.8 Å². The first-order valence-electron chi connectivity index (χ1n) is 26.8. The molecule has 3 heteroatoms. The van der Waals surface area contributed by atoms with Gasteiger partial charge >= 0.3 is 5.97 Å². The van der Waals surface area contributed by atoms with E-state index in [1.165, 1.54) is 225 Å². The number of carbonyl (C=O) groups excluding carboxylic acids is 2. The van der Waals surface area contributed by atoms with Gasteiger partial charge < -0.3 is 4.74 Å². The number of ketones is 1. The molecule has 0 saturated heterocycles. The number of hydrogen-bond donors (Lipinski definition) is 0. The second kappa shape index (κ2) is 46.2. The molecule has 0 aliphatic rings. The van der Waals surface area contributed by atoms with Crippen LogP contribution in [0.2, 0.25) is 0 Å². The molecule has 0 spiro atoms. The molecule has 57 heavy (non-hydrogen) atoms. The van der Waals surface area contributed by atoms with Gasteiger partial charge in [-0.2, -0.15) is 0 Å². The van der Waals surface area contributed by atoms with Crippen molar-refractivity contribution in [3.63, 3.8) is 0 Å². The van der Waals surface area contributed by atoms with Gasteiger partial charge in [-0.25, -0.2) is 0 Å². The molecular formula is C54H106O3. The molecule has 0 saturated carbocycles. The second-order valence-corrected chi connectivity index (χ2v) is 18.7. The van der Waals surface area contributed by atoms with Crippen LogP contribution in [0.15, 0.2) is 0 Å². The Balaban J connectivity index is 4.83. The Kier molecular flexibility index (Phi) is 45.5. The van der Waals surface area contributed by atoms with Crippen LogP contribution in [-0.4, -0.2) is 17.4 Å². The third-order valence-corrected chi connectivity index (χ3v) is 12.9. The van der Waals surface area contributed by atoms with Gasteiger partial charge in [0.05, 0.1) is 0 Å². The van der Waals surface area contributed by atoms with Crippen LogP contribution in [0.1, 0.15) is 329 Å². The predicted octanol–water partition coefficient (Wildman–Crippen LogP) is 19.3. The largest absolute Gasteiger partial charge is 0.451 e. The Bertz CT molecular complexity index is 807. The van der Waals surface area contributed by atoms with Gasteiger partial charge in [-0.3, -0.25) is 9.59 Å². The van der Waals surface area contributed by atoms with E-state index in [-0.39, 0.29) is 11.8 Å². The summed E-state index contributed by atoms with van der Waals surface area (Å²) >= 11 is 0. The molecule has 340 valence electrons. The summed E-state index contributed by atoms with van der Waals surface area (Å²) in [6.07, 6.45) is 58.0. The highest BCUT2D eigenvalue weighted by Crippen LogP contribution is 2.32. The average Bonchev–Trinajstić information content (AvgIpc) is 3.21. The number of Topliss-reactive ketones (excluding diaryl/α,β-unsaturated/α-hetero) is 1. The SMILES string of the molecule is CCCCCCCCCCCCCCCCCC(=O)OC(CCCCCCCC)(CCCCCCCCC)C(=O)CCCCCCCCCCCCCCCCC. The molecule has 1 atom stereocenters. The van der Waals surface area contributed by atoms with Crippen LogP contribution in [0.4, 0.5) is 0 Å². The zero-order valence-corrected chi connectivity index (χ0v) is 40.0. The van der Waals surface area contributed by atoms with E-state index in [2.05, 4.69) is 27.7 Å². The first kappa shape index (κ1) is 56.1. The zero-order chi connectivity index (χ0) is 41.6. The molecule has 0 radical (unpaired) electrons. The van der Waals surface area contributed by atoms with Gasteiger partial charge in [0.2, 0.25) is 0 Å². The van der Waals surface area contributed by atoms with Gasteiger partial charge in [-0.15, -0.1) is 0 Å².